The van der Waals surface area contributed by atoms with Crippen LogP contribution < -0.4 is 0 Å². The van der Waals surface area contributed by atoms with Gasteiger partial charge in [-0.25, -0.2) is 0 Å². The maximum Gasteiger partial charge on any atom is 0.302 e. The van der Waals surface area contributed by atoms with Gasteiger partial charge in [0.2, 0.25) is 0 Å². The van der Waals surface area contributed by atoms with Crippen LogP contribution in [-0.4, -0.2) is 17.9 Å². The maximum atomic E-state index is 12.0. The Kier molecular flexibility index (Phi) is 3.85. The van der Waals surface area contributed by atoms with E-state index in [0.717, 1.165) is 37.5 Å². The van der Waals surface area contributed by atoms with E-state index in [1.165, 1.54) is 32.1 Å². The first-order valence-corrected chi connectivity index (χ1v) is 10.0. The monoisotopic (exact) mass is 332 g/mol. The number of esters is 1. The predicted octanol–water partition coefficient (Wildman–Crippen LogP) is 4.53. The van der Waals surface area contributed by atoms with E-state index in [1.54, 1.807) is 6.92 Å². The summed E-state index contributed by atoms with van der Waals surface area (Å²) >= 11 is 0. The van der Waals surface area contributed by atoms with Crippen molar-refractivity contribution < 1.29 is 14.3 Å². The highest BCUT2D eigenvalue weighted by Crippen LogP contribution is 2.66. The van der Waals surface area contributed by atoms with E-state index in [9.17, 15) is 9.59 Å². The second-order valence-electron chi connectivity index (χ2n) is 9.62. The van der Waals surface area contributed by atoms with E-state index >= 15 is 0 Å². The van der Waals surface area contributed by atoms with Crippen molar-refractivity contribution in [2.24, 2.45) is 34.5 Å². The van der Waals surface area contributed by atoms with Gasteiger partial charge in [0.25, 0.3) is 0 Å². The molecule has 0 unspecified atom stereocenters. The minimum atomic E-state index is -0.120. The molecule has 0 bridgehead atoms. The van der Waals surface area contributed by atoms with Crippen LogP contribution in [0.25, 0.3) is 0 Å². The van der Waals surface area contributed by atoms with Crippen LogP contribution in [0.3, 0.4) is 0 Å². The Morgan fingerprint density at radius 2 is 1.75 bits per heavy atom. The normalized spacial score (nSPS) is 50.6. The Labute approximate surface area is 145 Å². The number of ketones is 1. The Morgan fingerprint density at radius 3 is 2.50 bits per heavy atom. The van der Waals surface area contributed by atoms with E-state index < -0.39 is 0 Å². The lowest BCUT2D eigenvalue weighted by Crippen LogP contribution is -2.54. The van der Waals surface area contributed by atoms with Gasteiger partial charge < -0.3 is 4.74 Å². The zero-order valence-electron chi connectivity index (χ0n) is 15.5. The van der Waals surface area contributed by atoms with Gasteiger partial charge in [-0.15, -0.1) is 0 Å². The topological polar surface area (TPSA) is 43.4 Å². The van der Waals surface area contributed by atoms with Gasteiger partial charge in [0.05, 0.1) is 0 Å². The fourth-order valence-electron chi connectivity index (χ4n) is 7.39. The lowest BCUT2D eigenvalue weighted by atomic mass is 9.45. The van der Waals surface area contributed by atoms with Gasteiger partial charge in [0.15, 0.2) is 0 Å². The van der Waals surface area contributed by atoms with Crippen LogP contribution in [0.15, 0.2) is 0 Å². The number of ether oxygens (including phenoxy) is 1. The van der Waals surface area contributed by atoms with E-state index in [4.69, 9.17) is 4.74 Å². The average Bonchev–Trinajstić information content (AvgIpc) is 2.84. The largest absolute Gasteiger partial charge is 0.462 e. The molecule has 0 spiro atoms. The zero-order valence-corrected chi connectivity index (χ0v) is 15.5. The van der Waals surface area contributed by atoms with Gasteiger partial charge in [-0.3, -0.25) is 9.59 Å². The zero-order chi connectivity index (χ0) is 17.1. The molecule has 3 nitrogen and oxygen atoms in total. The van der Waals surface area contributed by atoms with Crippen molar-refractivity contribution in [3.63, 3.8) is 0 Å². The molecule has 0 radical (unpaired) electrons. The summed E-state index contributed by atoms with van der Waals surface area (Å²) in [6, 6.07) is 0. The SMILES string of the molecule is CC(=O)O[C@@H]1CC[C@H]2[C@@H]3CC[C@H]4CC(=O)CC[C@]4(C)[C@@H]3CC[C@]12C. The van der Waals surface area contributed by atoms with E-state index in [-0.39, 0.29) is 17.5 Å². The van der Waals surface area contributed by atoms with Crippen molar-refractivity contribution in [2.75, 3.05) is 0 Å². The molecular weight excluding hydrogens is 300 g/mol. The molecule has 0 amide bonds. The van der Waals surface area contributed by atoms with Crippen molar-refractivity contribution in [1.82, 2.24) is 0 Å². The van der Waals surface area contributed by atoms with E-state index in [1.807, 2.05) is 0 Å². The summed E-state index contributed by atoms with van der Waals surface area (Å²) in [7, 11) is 0. The number of rotatable bonds is 1. The Morgan fingerprint density at radius 1 is 1.00 bits per heavy atom. The molecule has 3 heteroatoms. The Balaban J connectivity index is 1.58. The van der Waals surface area contributed by atoms with Crippen molar-refractivity contribution in [3.05, 3.63) is 0 Å². The van der Waals surface area contributed by atoms with Crippen molar-refractivity contribution in [2.45, 2.75) is 84.7 Å². The first-order valence-electron chi connectivity index (χ1n) is 10.0. The smallest absolute Gasteiger partial charge is 0.302 e. The van der Waals surface area contributed by atoms with Gasteiger partial charge >= 0.3 is 5.97 Å². The molecule has 0 heterocycles. The lowest BCUT2D eigenvalue weighted by Gasteiger charge is -2.60. The van der Waals surface area contributed by atoms with Crippen LogP contribution in [0.2, 0.25) is 0 Å². The number of carbonyl (C=O) groups is 2. The summed E-state index contributed by atoms with van der Waals surface area (Å²) in [6.07, 6.45) is 10.1. The summed E-state index contributed by atoms with van der Waals surface area (Å²) in [6.45, 7) is 6.42. The first-order chi connectivity index (χ1) is 11.3. The molecule has 7 atom stereocenters. The van der Waals surface area contributed by atoms with Crippen LogP contribution in [0.1, 0.15) is 78.6 Å². The number of carbonyl (C=O) groups excluding carboxylic acids is 2. The quantitative estimate of drug-likeness (QED) is 0.663. The Hall–Kier alpha value is -0.860. The van der Waals surface area contributed by atoms with Crippen LogP contribution in [0.4, 0.5) is 0 Å². The molecule has 4 saturated carbocycles. The lowest BCUT2D eigenvalue weighted by molar-refractivity contribution is -0.162. The summed E-state index contributed by atoms with van der Waals surface area (Å²) < 4.78 is 5.73. The third kappa shape index (κ3) is 2.29. The molecule has 4 aliphatic carbocycles. The summed E-state index contributed by atoms with van der Waals surface area (Å²) in [5, 5.41) is 0. The molecule has 4 aliphatic rings. The molecule has 4 rings (SSSR count). The van der Waals surface area contributed by atoms with Crippen LogP contribution >= 0.6 is 0 Å². The first kappa shape index (κ1) is 16.6. The highest BCUT2D eigenvalue weighted by atomic mass is 16.5. The predicted molar refractivity (Wildman–Crippen MR) is 92.3 cm³/mol. The Bertz CT molecular complexity index is 555. The molecule has 4 fully saturated rings. The number of fused-ring (bicyclic) bond motifs is 5. The van der Waals surface area contributed by atoms with Gasteiger partial charge in [0.1, 0.15) is 11.9 Å². The van der Waals surface area contributed by atoms with Gasteiger partial charge in [-0.2, -0.15) is 0 Å². The van der Waals surface area contributed by atoms with Gasteiger partial charge in [0, 0.05) is 25.2 Å². The second kappa shape index (κ2) is 5.57. The second-order valence-corrected chi connectivity index (χ2v) is 9.62. The minimum Gasteiger partial charge on any atom is -0.462 e. The fraction of sp³-hybridized carbons (Fsp3) is 0.905. The van der Waals surface area contributed by atoms with Crippen LogP contribution in [-0.2, 0) is 14.3 Å². The van der Waals surface area contributed by atoms with Crippen molar-refractivity contribution in [3.8, 4) is 0 Å². The molecule has 0 aromatic carbocycles. The summed E-state index contributed by atoms with van der Waals surface area (Å²) in [4.78, 5) is 23.5. The standard InChI is InChI=1S/C21H32O3/c1-13(22)24-19-7-6-17-16-5-4-14-12-15(23)8-10-20(14,2)18(16)9-11-21(17,19)3/h14,16-19H,4-12H2,1-3H3/t14-,16-,17-,18+,19+,20-,21-/m0/s1. The molecular formula is C21H32O3. The fourth-order valence-corrected chi connectivity index (χ4v) is 7.39. The van der Waals surface area contributed by atoms with E-state index in [2.05, 4.69) is 13.8 Å². The van der Waals surface area contributed by atoms with Crippen molar-refractivity contribution >= 4 is 11.8 Å². The number of hydrogen-bond donors (Lipinski definition) is 0. The molecule has 0 N–H and O–H groups in total. The van der Waals surface area contributed by atoms with Gasteiger partial charge in [-0.1, -0.05) is 13.8 Å². The third-order valence-corrected chi connectivity index (χ3v) is 8.70. The maximum absolute atomic E-state index is 12.0. The van der Waals surface area contributed by atoms with Crippen LogP contribution in [0.5, 0.6) is 0 Å². The minimum absolute atomic E-state index is 0.120. The number of Topliss-reactive ketones (excluding diaryl/α,β-unsaturated/α-hetero) is 1. The molecule has 24 heavy (non-hydrogen) atoms. The summed E-state index contributed by atoms with van der Waals surface area (Å²) in [5.74, 6) is 3.25. The molecule has 134 valence electrons. The highest BCUT2D eigenvalue weighted by molar-refractivity contribution is 5.79. The average molecular weight is 332 g/mol. The highest BCUT2D eigenvalue weighted by Gasteiger charge is 2.60. The molecule has 0 saturated heterocycles. The third-order valence-electron chi connectivity index (χ3n) is 8.70. The molecule has 0 aromatic rings. The van der Waals surface area contributed by atoms with Crippen molar-refractivity contribution in [1.29, 1.82) is 0 Å². The summed E-state index contributed by atoms with van der Waals surface area (Å²) in [5.41, 5.74) is 0.554. The van der Waals surface area contributed by atoms with Crippen LogP contribution in [0, 0.1) is 34.5 Å². The van der Waals surface area contributed by atoms with Gasteiger partial charge in [-0.05, 0) is 74.0 Å². The number of hydrogen-bond acceptors (Lipinski definition) is 3. The molecule has 0 aliphatic heterocycles. The van der Waals surface area contributed by atoms with E-state index in [0.29, 0.717) is 23.0 Å². The molecule has 0 aromatic heterocycles.